The second-order valence-corrected chi connectivity index (χ2v) is 8.77. The van der Waals surface area contributed by atoms with Crippen LogP contribution in [0.3, 0.4) is 0 Å². The molecule has 0 spiro atoms. The number of methoxy groups -OCH3 is 1. The summed E-state index contributed by atoms with van der Waals surface area (Å²) in [6.45, 7) is 0. The van der Waals surface area contributed by atoms with Crippen molar-refractivity contribution in [2.45, 2.75) is 17.7 Å². The van der Waals surface area contributed by atoms with E-state index in [1.54, 1.807) is 12.1 Å². The minimum absolute atomic E-state index is 0.0907. The largest absolute Gasteiger partial charge is 0.497 e. The number of carbonyl (C=O) groups excluding carboxylic acids is 1. The van der Waals surface area contributed by atoms with E-state index in [2.05, 4.69) is 10.3 Å². The van der Waals surface area contributed by atoms with Gasteiger partial charge in [0, 0.05) is 6.42 Å². The molecule has 1 N–H and O–H groups in total. The Morgan fingerprint density at radius 2 is 1.88 bits per heavy atom. The van der Waals surface area contributed by atoms with Gasteiger partial charge in [-0.3, -0.25) is 4.79 Å². The Morgan fingerprint density at radius 3 is 2.58 bits per heavy atom. The van der Waals surface area contributed by atoms with Gasteiger partial charge in [-0.05, 0) is 42.8 Å². The summed E-state index contributed by atoms with van der Waals surface area (Å²) in [6.07, 6.45) is 0.358. The third-order valence-electron chi connectivity index (χ3n) is 3.78. The number of rotatable bonds is 7. The Bertz CT molecular complexity index is 978. The molecule has 1 amide bonds. The molecule has 0 saturated heterocycles. The first-order chi connectivity index (χ1) is 12.5. The Labute approximate surface area is 155 Å². The summed E-state index contributed by atoms with van der Waals surface area (Å²) in [7, 11) is -1.90. The predicted octanol–water partition coefficient (Wildman–Crippen LogP) is 3.50. The summed E-state index contributed by atoms with van der Waals surface area (Å²) >= 11 is 1.39. The van der Waals surface area contributed by atoms with Crippen molar-refractivity contribution in [3.63, 3.8) is 0 Å². The molecule has 2 aromatic carbocycles. The Morgan fingerprint density at radius 1 is 1.15 bits per heavy atom. The van der Waals surface area contributed by atoms with Gasteiger partial charge < -0.3 is 10.1 Å². The number of hydrogen-bond donors (Lipinski definition) is 1. The van der Waals surface area contributed by atoms with Crippen molar-refractivity contribution in [2.75, 3.05) is 18.2 Å². The van der Waals surface area contributed by atoms with Crippen LogP contribution in [-0.2, 0) is 14.6 Å². The number of amides is 1. The summed E-state index contributed by atoms with van der Waals surface area (Å²) in [4.78, 5) is 16.6. The summed E-state index contributed by atoms with van der Waals surface area (Å²) in [5.74, 6) is 0.264. The first kappa shape index (κ1) is 18.3. The number of hydrogen-bond acceptors (Lipinski definition) is 6. The number of thiazole rings is 1. The fourth-order valence-corrected chi connectivity index (χ4v) is 4.62. The number of fused-ring (bicyclic) bond motifs is 1. The van der Waals surface area contributed by atoms with Crippen molar-refractivity contribution in [1.82, 2.24) is 4.98 Å². The molecule has 3 aromatic rings. The van der Waals surface area contributed by atoms with Crippen LogP contribution < -0.4 is 10.1 Å². The van der Waals surface area contributed by atoms with E-state index in [0.717, 1.165) is 10.2 Å². The molecule has 0 saturated carbocycles. The number of aromatic nitrogens is 1. The molecule has 0 radical (unpaired) electrons. The van der Waals surface area contributed by atoms with Gasteiger partial charge in [0.1, 0.15) is 5.75 Å². The van der Waals surface area contributed by atoms with Crippen molar-refractivity contribution in [1.29, 1.82) is 0 Å². The molecule has 1 aromatic heterocycles. The summed E-state index contributed by atoms with van der Waals surface area (Å²) in [5.41, 5.74) is 0.829. The second kappa shape index (κ2) is 7.84. The number of para-hydroxylation sites is 1. The van der Waals surface area contributed by atoms with Crippen molar-refractivity contribution >= 4 is 42.4 Å². The molecule has 8 heteroatoms. The zero-order chi connectivity index (χ0) is 18.6. The van der Waals surface area contributed by atoms with Gasteiger partial charge in [0.05, 0.1) is 28.0 Å². The number of nitrogens with zero attached hydrogens (tertiary/aromatic N) is 1. The Kier molecular flexibility index (Phi) is 5.53. The normalized spacial score (nSPS) is 11.4. The van der Waals surface area contributed by atoms with Gasteiger partial charge >= 0.3 is 0 Å². The van der Waals surface area contributed by atoms with Crippen molar-refractivity contribution < 1.29 is 17.9 Å². The smallest absolute Gasteiger partial charge is 0.226 e. The first-order valence-corrected chi connectivity index (χ1v) is 10.5. The maximum atomic E-state index is 12.3. The van der Waals surface area contributed by atoms with Crippen molar-refractivity contribution in [2.24, 2.45) is 0 Å². The number of carbonyl (C=O) groups is 1. The second-order valence-electron chi connectivity index (χ2n) is 5.63. The molecular weight excluding hydrogens is 372 g/mol. The van der Waals surface area contributed by atoms with Crippen LogP contribution in [0.2, 0.25) is 0 Å². The lowest BCUT2D eigenvalue weighted by Crippen LogP contribution is -2.14. The molecule has 0 aliphatic heterocycles. The molecule has 0 aliphatic rings. The average molecular weight is 390 g/mol. The van der Waals surface area contributed by atoms with Crippen molar-refractivity contribution in [3.8, 4) is 5.75 Å². The quantitative estimate of drug-likeness (QED) is 0.667. The molecule has 0 fully saturated rings. The highest BCUT2D eigenvalue weighted by Gasteiger charge is 2.15. The molecule has 1 heterocycles. The number of benzene rings is 2. The van der Waals surface area contributed by atoms with E-state index in [9.17, 15) is 13.2 Å². The van der Waals surface area contributed by atoms with E-state index >= 15 is 0 Å². The molecule has 136 valence electrons. The molecule has 0 aliphatic carbocycles. The Hall–Kier alpha value is -2.45. The minimum Gasteiger partial charge on any atom is -0.497 e. The van der Waals surface area contributed by atoms with Gasteiger partial charge in [0.25, 0.3) is 0 Å². The fourth-order valence-electron chi connectivity index (χ4n) is 2.43. The van der Waals surface area contributed by atoms with Gasteiger partial charge in [0.15, 0.2) is 15.0 Å². The topological polar surface area (TPSA) is 85.4 Å². The lowest BCUT2D eigenvalue weighted by Gasteiger charge is -2.06. The molecule has 6 nitrogen and oxygen atoms in total. The SMILES string of the molecule is COc1ccc(S(=O)(=O)CCCC(=O)Nc2nc3ccccc3s2)cc1. The monoisotopic (exact) mass is 390 g/mol. The minimum atomic E-state index is -3.42. The zero-order valence-electron chi connectivity index (χ0n) is 14.1. The predicted molar refractivity (Wildman–Crippen MR) is 103 cm³/mol. The lowest BCUT2D eigenvalue weighted by molar-refractivity contribution is -0.116. The Balaban J connectivity index is 1.53. The van der Waals surface area contributed by atoms with Gasteiger partial charge in [-0.15, -0.1) is 0 Å². The number of ether oxygens (including phenoxy) is 1. The average Bonchev–Trinajstić information content (AvgIpc) is 3.03. The van der Waals surface area contributed by atoms with Crippen LogP contribution in [0.1, 0.15) is 12.8 Å². The van der Waals surface area contributed by atoms with Gasteiger partial charge in [-0.2, -0.15) is 0 Å². The molecule has 26 heavy (non-hydrogen) atoms. The summed E-state index contributed by atoms with van der Waals surface area (Å²) < 4.78 is 30.6. The molecular formula is C18H18N2O4S2. The molecule has 0 unspecified atom stereocenters. The molecule has 0 bridgehead atoms. The third-order valence-corrected chi connectivity index (χ3v) is 6.54. The van der Waals surface area contributed by atoms with Crippen LogP contribution >= 0.6 is 11.3 Å². The first-order valence-electron chi connectivity index (χ1n) is 8.00. The van der Waals surface area contributed by atoms with E-state index in [1.807, 2.05) is 24.3 Å². The lowest BCUT2D eigenvalue weighted by atomic mass is 10.3. The van der Waals surface area contributed by atoms with E-state index in [4.69, 9.17) is 4.74 Å². The highest BCUT2D eigenvalue weighted by atomic mass is 32.2. The maximum Gasteiger partial charge on any atom is 0.226 e. The fraction of sp³-hybridized carbons (Fsp3) is 0.222. The van der Waals surface area contributed by atoms with Crippen LogP contribution in [0, 0.1) is 0 Å². The summed E-state index contributed by atoms with van der Waals surface area (Å²) in [5, 5.41) is 3.25. The van der Waals surface area contributed by atoms with E-state index in [-0.39, 0.29) is 29.4 Å². The van der Waals surface area contributed by atoms with Crippen LogP contribution in [0.5, 0.6) is 5.75 Å². The van der Waals surface area contributed by atoms with Gasteiger partial charge in [-0.25, -0.2) is 13.4 Å². The van der Waals surface area contributed by atoms with Crippen LogP contribution in [0.15, 0.2) is 53.4 Å². The number of sulfone groups is 1. The maximum absolute atomic E-state index is 12.3. The molecule has 0 atom stereocenters. The van der Waals surface area contributed by atoms with Crippen LogP contribution in [-0.4, -0.2) is 32.2 Å². The standard InChI is InChI=1S/C18H18N2O4S2/c1-24-13-8-10-14(11-9-13)26(22,23)12-4-7-17(21)20-18-19-15-5-2-3-6-16(15)25-18/h2-3,5-6,8-11H,4,7,12H2,1H3,(H,19,20,21). The van der Waals surface area contributed by atoms with E-state index < -0.39 is 9.84 Å². The zero-order valence-corrected chi connectivity index (χ0v) is 15.8. The highest BCUT2D eigenvalue weighted by Crippen LogP contribution is 2.25. The third kappa shape index (κ3) is 4.39. The molecule has 3 rings (SSSR count). The van der Waals surface area contributed by atoms with E-state index in [1.165, 1.54) is 30.6 Å². The van der Waals surface area contributed by atoms with Gasteiger partial charge in [-0.1, -0.05) is 23.5 Å². The van der Waals surface area contributed by atoms with Crippen LogP contribution in [0.25, 0.3) is 10.2 Å². The highest BCUT2D eigenvalue weighted by molar-refractivity contribution is 7.91. The number of nitrogens with one attached hydrogen (secondary N) is 1. The number of anilines is 1. The van der Waals surface area contributed by atoms with E-state index in [0.29, 0.717) is 10.9 Å². The van der Waals surface area contributed by atoms with Gasteiger partial charge in [0.2, 0.25) is 5.91 Å². The van der Waals surface area contributed by atoms with Crippen molar-refractivity contribution in [3.05, 3.63) is 48.5 Å². The summed E-state index contributed by atoms with van der Waals surface area (Å²) in [6, 6.07) is 13.8. The van der Waals surface area contributed by atoms with Crippen LogP contribution in [0.4, 0.5) is 5.13 Å².